The standard InChI is InChI=1S/C10H8F4N4/c1-18-9(15)16-8(17-18)6-4-5(10(12,13)14)2-3-7(6)11/h2-4H,1H3,(H2,15,16,17). The van der Waals surface area contributed by atoms with Gasteiger partial charge >= 0.3 is 6.18 Å². The average Bonchev–Trinajstić information content (AvgIpc) is 2.58. The molecule has 2 rings (SSSR count). The summed E-state index contributed by atoms with van der Waals surface area (Å²) in [5, 5.41) is 3.74. The van der Waals surface area contributed by atoms with Gasteiger partial charge in [0.2, 0.25) is 5.95 Å². The first kappa shape index (κ1) is 12.3. The zero-order chi connectivity index (χ0) is 13.5. The molecule has 0 aliphatic rings. The first-order valence-electron chi connectivity index (χ1n) is 4.82. The van der Waals surface area contributed by atoms with Gasteiger partial charge in [-0.25, -0.2) is 9.07 Å². The summed E-state index contributed by atoms with van der Waals surface area (Å²) >= 11 is 0. The van der Waals surface area contributed by atoms with Crippen LogP contribution in [-0.2, 0) is 13.2 Å². The predicted molar refractivity (Wildman–Crippen MR) is 55.8 cm³/mol. The molecule has 96 valence electrons. The minimum atomic E-state index is -4.55. The van der Waals surface area contributed by atoms with E-state index in [4.69, 9.17) is 5.73 Å². The molecule has 4 nitrogen and oxygen atoms in total. The summed E-state index contributed by atoms with van der Waals surface area (Å²) in [5.74, 6) is -1.03. The van der Waals surface area contributed by atoms with E-state index < -0.39 is 17.6 Å². The van der Waals surface area contributed by atoms with Crippen molar-refractivity contribution in [1.82, 2.24) is 14.8 Å². The molecule has 0 radical (unpaired) electrons. The first-order valence-corrected chi connectivity index (χ1v) is 4.82. The molecule has 1 aromatic carbocycles. The van der Waals surface area contributed by atoms with Gasteiger partial charge in [-0.1, -0.05) is 0 Å². The van der Waals surface area contributed by atoms with Crippen LogP contribution in [0.5, 0.6) is 0 Å². The highest BCUT2D eigenvalue weighted by Gasteiger charge is 2.31. The molecule has 0 fully saturated rings. The van der Waals surface area contributed by atoms with E-state index in [-0.39, 0.29) is 17.3 Å². The maximum Gasteiger partial charge on any atom is 0.416 e. The molecule has 0 spiro atoms. The Morgan fingerprint density at radius 3 is 2.44 bits per heavy atom. The fraction of sp³-hybridized carbons (Fsp3) is 0.200. The van der Waals surface area contributed by atoms with Crippen molar-refractivity contribution < 1.29 is 17.6 Å². The number of halogens is 4. The lowest BCUT2D eigenvalue weighted by Crippen LogP contribution is -2.05. The number of aromatic nitrogens is 3. The van der Waals surface area contributed by atoms with Crippen LogP contribution in [0.15, 0.2) is 18.2 Å². The molecule has 0 atom stereocenters. The molecule has 0 saturated heterocycles. The zero-order valence-electron chi connectivity index (χ0n) is 9.16. The molecule has 0 saturated carbocycles. The lowest BCUT2D eigenvalue weighted by molar-refractivity contribution is -0.137. The Balaban J connectivity index is 2.56. The van der Waals surface area contributed by atoms with Crippen LogP contribution in [0.3, 0.4) is 0 Å². The zero-order valence-corrected chi connectivity index (χ0v) is 9.16. The molecule has 2 aromatic rings. The van der Waals surface area contributed by atoms with E-state index in [9.17, 15) is 17.6 Å². The van der Waals surface area contributed by atoms with Crippen LogP contribution in [-0.4, -0.2) is 14.8 Å². The third kappa shape index (κ3) is 2.13. The van der Waals surface area contributed by atoms with Crippen LogP contribution in [0.4, 0.5) is 23.5 Å². The summed E-state index contributed by atoms with van der Waals surface area (Å²) in [6.45, 7) is 0. The number of benzene rings is 1. The molecule has 1 aromatic heterocycles. The summed E-state index contributed by atoms with van der Waals surface area (Å²) < 4.78 is 52.2. The van der Waals surface area contributed by atoms with Crippen LogP contribution in [0.25, 0.3) is 11.4 Å². The molecule has 8 heteroatoms. The van der Waals surface area contributed by atoms with Crippen molar-refractivity contribution in [3.63, 3.8) is 0 Å². The molecule has 0 unspecified atom stereocenters. The Hall–Kier alpha value is -2.12. The third-order valence-electron chi connectivity index (χ3n) is 2.33. The number of rotatable bonds is 1. The topological polar surface area (TPSA) is 56.7 Å². The maximum atomic E-state index is 13.5. The molecule has 0 amide bonds. The van der Waals surface area contributed by atoms with E-state index in [1.165, 1.54) is 7.05 Å². The fourth-order valence-electron chi connectivity index (χ4n) is 1.38. The minimum absolute atomic E-state index is 0.0122. The van der Waals surface area contributed by atoms with Crippen LogP contribution < -0.4 is 5.73 Å². The Bertz CT molecular complexity index is 569. The van der Waals surface area contributed by atoms with E-state index in [0.29, 0.717) is 12.1 Å². The van der Waals surface area contributed by atoms with E-state index in [0.717, 1.165) is 10.7 Å². The van der Waals surface area contributed by atoms with Crippen molar-refractivity contribution in [1.29, 1.82) is 0 Å². The largest absolute Gasteiger partial charge is 0.416 e. The number of alkyl halides is 3. The van der Waals surface area contributed by atoms with Crippen LogP contribution in [0.2, 0.25) is 0 Å². The SMILES string of the molecule is Cn1nc(-c2cc(C(F)(F)F)ccc2F)nc1N. The van der Waals surface area contributed by atoms with Crippen molar-refractivity contribution in [2.75, 3.05) is 5.73 Å². The number of nitrogens with two attached hydrogens (primary N) is 1. The highest BCUT2D eigenvalue weighted by molar-refractivity contribution is 5.58. The first-order chi connectivity index (χ1) is 8.29. The van der Waals surface area contributed by atoms with Gasteiger partial charge < -0.3 is 5.73 Å². The molecule has 0 aliphatic carbocycles. The van der Waals surface area contributed by atoms with Gasteiger partial charge in [-0.3, -0.25) is 0 Å². The highest BCUT2D eigenvalue weighted by atomic mass is 19.4. The van der Waals surface area contributed by atoms with Gasteiger partial charge in [-0.05, 0) is 18.2 Å². The smallest absolute Gasteiger partial charge is 0.368 e. The fourth-order valence-corrected chi connectivity index (χ4v) is 1.38. The van der Waals surface area contributed by atoms with E-state index in [1.807, 2.05) is 0 Å². The number of nitrogen functional groups attached to an aromatic ring is 1. The number of anilines is 1. The average molecular weight is 260 g/mol. The second-order valence-corrected chi connectivity index (χ2v) is 3.61. The van der Waals surface area contributed by atoms with E-state index in [2.05, 4.69) is 10.1 Å². The van der Waals surface area contributed by atoms with Crippen LogP contribution >= 0.6 is 0 Å². The monoisotopic (exact) mass is 260 g/mol. The Kier molecular flexibility index (Phi) is 2.72. The third-order valence-corrected chi connectivity index (χ3v) is 2.33. The van der Waals surface area contributed by atoms with Gasteiger partial charge in [0.1, 0.15) is 5.82 Å². The van der Waals surface area contributed by atoms with Crippen molar-refractivity contribution in [2.45, 2.75) is 6.18 Å². The molecule has 1 heterocycles. The van der Waals surface area contributed by atoms with Crippen molar-refractivity contribution in [3.8, 4) is 11.4 Å². The Morgan fingerprint density at radius 1 is 1.28 bits per heavy atom. The molecule has 0 aliphatic heterocycles. The van der Waals surface area contributed by atoms with Crippen molar-refractivity contribution in [2.24, 2.45) is 7.05 Å². The lowest BCUT2D eigenvalue weighted by Gasteiger charge is -2.07. The molecular formula is C10H8F4N4. The maximum absolute atomic E-state index is 13.5. The number of aryl methyl sites for hydroxylation is 1. The number of hydrogen-bond acceptors (Lipinski definition) is 3. The number of nitrogens with zero attached hydrogens (tertiary/aromatic N) is 3. The second kappa shape index (κ2) is 3.97. The molecule has 18 heavy (non-hydrogen) atoms. The van der Waals surface area contributed by atoms with Gasteiger partial charge in [-0.15, -0.1) is 5.10 Å². The highest BCUT2D eigenvalue weighted by Crippen LogP contribution is 2.32. The molecule has 0 bridgehead atoms. The van der Waals surface area contributed by atoms with Crippen molar-refractivity contribution in [3.05, 3.63) is 29.6 Å². The lowest BCUT2D eigenvalue weighted by atomic mass is 10.1. The van der Waals surface area contributed by atoms with Crippen LogP contribution in [0.1, 0.15) is 5.56 Å². The predicted octanol–water partition coefficient (Wildman–Crippen LogP) is 2.22. The van der Waals surface area contributed by atoms with Gasteiger partial charge in [-0.2, -0.15) is 18.2 Å². The summed E-state index contributed by atoms with van der Waals surface area (Å²) in [7, 11) is 1.46. The summed E-state index contributed by atoms with van der Waals surface area (Å²) in [4.78, 5) is 3.69. The molecule has 2 N–H and O–H groups in total. The Morgan fingerprint density at radius 2 is 1.94 bits per heavy atom. The summed E-state index contributed by atoms with van der Waals surface area (Å²) in [6.07, 6.45) is -4.55. The van der Waals surface area contributed by atoms with Gasteiger partial charge in [0.25, 0.3) is 0 Å². The van der Waals surface area contributed by atoms with E-state index >= 15 is 0 Å². The quantitative estimate of drug-likeness (QED) is 0.800. The second-order valence-electron chi connectivity index (χ2n) is 3.61. The summed E-state index contributed by atoms with van der Waals surface area (Å²) in [5.41, 5.74) is 4.09. The van der Waals surface area contributed by atoms with Crippen LogP contribution in [0, 0.1) is 5.82 Å². The van der Waals surface area contributed by atoms with Gasteiger partial charge in [0, 0.05) is 7.05 Å². The van der Waals surface area contributed by atoms with E-state index in [1.54, 1.807) is 0 Å². The molecular weight excluding hydrogens is 252 g/mol. The minimum Gasteiger partial charge on any atom is -0.368 e. The normalized spacial score (nSPS) is 11.8. The number of hydrogen-bond donors (Lipinski definition) is 1. The Labute approximate surface area is 99.0 Å². The summed E-state index contributed by atoms with van der Waals surface area (Å²) in [6, 6.07) is 2.04. The van der Waals surface area contributed by atoms with Gasteiger partial charge in [0.15, 0.2) is 5.82 Å². The van der Waals surface area contributed by atoms with Crippen molar-refractivity contribution >= 4 is 5.95 Å². The van der Waals surface area contributed by atoms with Gasteiger partial charge in [0.05, 0.1) is 11.1 Å².